The van der Waals surface area contributed by atoms with Gasteiger partial charge in [-0.3, -0.25) is 14.4 Å². The van der Waals surface area contributed by atoms with Crippen molar-refractivity contribution in [3.05, 3.63) is 84.7 Å². The predicted molar refractivity (Wildman–Crippen MR) is 140 cm³/mol. The molecule has 1 N–H and O–H groups in total. The first kappa shape index (κ1) is 24.2. The minimum absolute atomic E-state index is 0.0568. The second-order valence-corrected chi connectivity index (χ2v) is 10.9. The lowest BCUT2D eigenvalue weighted by Gasteiger charge is -1.96. The lowest BCUT2D eigenvalue weighted by molar-refractivity contribution is 0.0959. The van der Waals surface area contributed by atoms with E-state index in [0.717, 1.165) is 35.1 Å². The summed E-state index contributed by atoms with van der Waals surface area (Å²) >= 11 is 11.5. The summed E-state index contributed by atoms with van der Waals surface area (Å²) in [5.41, 5.74) is 3.28. The van der Waals surface area contributed by atoms with Crippen molar-refractivity contribution in [1.29, 1.82) is 0 Å². The van der Waals surface area contributed by atoms with E-state index in [1.54, 1.807) is 23.9 Å². The van der Waals surface area contributed by atoms with Crippen LogP contribution in [0.2, 0.25) is 0 Å². The molecule has 0 saturated carbocycles. The van der Waals surface area contributed by atoms with Crippen molar-refractivity contribution < 1.29 is 19.1 Å². The summed E-state index contributed by atoms with van der Waals surface area (Å²) < 4.78 is 7.94. The normalized spacial score (nSPS) is 14.7. The Labute approximate surface area is 220 Å². The van der Waals surface area contributed by atoms with Crippen LogP contribution in [0, 0.1) is 0 Å². The molecule has 0 spiro atoms. The maximum Gasteiger partial charge on any atom is 0.203 e. The van der Waals surface area contributed by atoms with Crippen LogP contribution in [0.4, 0.5) is 5.69 Å². The Hall–Kier alpha value is -1.94. The number of hydrogen-bond acceptors (Lipinski definition) is 6. The van der Waals surface area contributed by atoms with Gasteiger partial charge in [-0.1, -0.05) is 47.8 Å². The fourth-order valence-electron chi connectivity index (χ4n) is 3.31. The van der Waals surface area contributed by atoms with Crippen LogP contribution in [-0.2, 0) is 0 Å². The fourth-order valence-corrected chi connectivity index (χ4v) is 5.32. The first-order chi connectivity index (χ1) is 15.8. The van der Waals surface area contributed by atoms with Gasteiger partial charge in [0.25, 0.3) is 0 Å². The molecule has 3 aliphatic heterocycles. The van der Waals surface area contributed by atoms with Gasteiger partial charge in [-0.15, -0.1) is 11.8 Å². The molecule has 3 aromatic rings. The van der Waals surface area contributed by atoms with E-state index in [-0.39, 0.29) is 24.0 Å². The molecule has 0 fully saturated rings. The highest BCUT2D eigenvalue weighted by atomic mass is 79.9. The van der Waals surface area contributed by atoms with Crippen molar-refractivity contribution in [3.63, 3.8) is 0 Å². The Balaban J connectivity index is 0.000000118. The SMILES string of the molecule is O=C1CNc2ccc(Br)cc21.O=C1COc2ccc(Br)cc21.O=C1CSc2ccc(Br)cc21. The second kappa shape index (κ2) is 10.5. The molecule has 0 aliphatic carbocycles. The van der Waals surface area contributed by atoms with Crippen molar-refractivity contribution in [2.24, 2.45) is 0 Å². The summed E-state index contributed by atoms with van der Waals surface area (Å²) in [6, 6.07) is 16.9. The summed E-state index contributed by atoms with van der Waals surface area (Å²) in [6.45, 7) is 0.623. The van der Waals surface area contributed by atoms with E-state index in [9.17, 15) is 14.4 Å². The number of nitrogens with one attached hydrogen (secondary N) is 1. The molecule has 0 radical (unpaired) electrons. The summed E-state index contributed by atoms with van der Waals surface area (Å²) in [5, 5.41) is 3.01. The van der Waals surface area contributed by atoms with Gasteiger partial charge < -0.3 is 10.1 Å². The molecular weight excluding hydrogens is 638 g/mol. The third kappa shape index (κ3) is 5.77. The maximum absolute atomic E-state index is 11.2. The zero-order chi connectivity index (χ0) is 23.5. The van der Waals surface area contributed by atoms with Crippen LogP contribution in [0.1, 0.15) is 31.1 Å². The van der Waals surface area contributed by atoms with Crippen molar-refractivity contribution >= 4 is 82.6 Å². The van der Waals surface area contributed by atoms with Gasteiger partial charge in [-0.05, 0) is 54.6 Å². The topological polar surface area (TPSA) is 72.5 Å². The number of thioether (sulfide) groups is 1. The van der Waals surface area contributed by atoms with E-state index in [4.69, 9.17) is 4.74 Å². The van der Waals surface area contributed by atoms with Crippen LogP contribution in [-0.4, -0.2) is 36.3 Å². The quantitative estimate of drug-likeness (QED) is 0.287. The van der Waals surface area contributed by atoms with Gasteiger partial charge in [0, 0.05) is 35.1 Å². The number of ketones is 3. The Bertz CT molecular complexity index is 1120. The number of carbonyl (C=O) groups excluding carboxylic acids is 3. The third-order valence-electron chi connectivity index (χ3n) is 4.92. The molecule has 0 aromatic heterocycles. The van der Waals surface area contributed by atoms with E-state index in [1.807, 2.05) is 42.5 Å². The first-order valence-electron chi connectivity index (χ1n) is 9.79. The molecule has 33 heavy (non-hydrogen) atoms. The smallest absolute Gasteiger partial charge is 0.203 e. The molecular formula is C24H16Br3NO4S. The number of hydrogen-bond donors (Lipinski definition) is 1. The maximum atomic E-state index is 11.2. The number of rotatable bonds is 0. The Kier molecular flexibility index (Phi) is 7.73. The van der Waals surface area contributed by atoms with Gasteiger partial charge in [-0.25, -0.2) is 0 Å². The summed E-state index contributed by atoms with van der Waals surface area (Å²) in [7, 11) is 0. The molecule has 6 rings (SSSR count). The van der Waals surface area contributed by atoms with Gasteiger partial charge in [-0.2, -0.15) is 0 Å². The summed E-state index contributed by atoms with van der Waals surface area (Å²) in [4.78, 5) is 34.5. The number of benzene rings is 3. The zero-order valence-corrected chi connectivity index (χ0v) is 22.6. The van der Waals surface area contributed by atoms with Crippen LogP contribution in [0.3, 0.4) is 0 Å². The van der Waals surface area contributed by atoms with E-state index < -0.39 is 0 Å². The standard InChI is InChI=1S/C8H6BrNO.C8H5BrO2.C8H5BrOS/c9-5-1-2-7-6(3-5)8(11)4-10-7;2*9-5-1-2-8-6(3-5)7(10)4-11-8/h1-3,10H,4H2;2*1-3H,4H2. The van der Waals surface area contributed by atoms with E-state index in [2.05, 4.69) is 53.1 Å². The van der Waals surface area contributed by atoms with Crippen LogP contribution in [0.5, 0.6) is 5.75 Å². The number of halogens is 3. The van der Waals surface area contributed by atoms with E-state index >= 15 is 0 Å². The summed E-state index contributed by atoms with van der Waals surface area (Å²) in [6.07, 6.45) is 0. The van der Waals surface area contributed by atoms with Gasteiger partial charge >= 0.3 is 0 Å². The predicted octanol–water partition coefficient (Wildman–Crippen LogP) is 6.82. The lowest BCUT2D eigenvalue weighted by atomic mass is 10.1. The van der Waals surface area contributed by atoms with Crippen LogP contribution in [0.15, 0.2) is 72.9 Å². The second-order valence-electron chi connectivity index (χ2n) is 7.17. The Morgan fingerprint density at radius 1 is 0.727 bits per heavy atom. The highest BCUT2D eigenvalue weighted by molar-refractivity contribution is 9.11. The van der Waals surface area contributed by atoms with Crippen molar-refractivity contribution in [2.75, 3.05) is 24.2 Å². The first-order valence-corrected chi connectivity index (χ1v) is 13.2. The number of Topliss-reactive ketones (excluding diaryl/α,β-unsaturated/α-hetero) is 3. The molecule has 5 nitrogen and oxygen atoms in total. The monoisotopic (exact) mass is 651 g/mol. The molecule has 3 aromatic carbocycles. The number of fused-ring (bicyclic) bond motifs is 3. The zero-order valence-electron chi connectivity index (χ0n) is 17.0. The van der Waals surface area contributed by atoms with Crippen molar-refractivity contribution in [3.8, 4) is 5.75 Å². The molecule has 0 amide bonds. The van der Waals surface area contributed by atoms with E-state index in [0.29, 0.717) is 23.6 Å². The largest absolute Gasteiger partial charge is 0.485 e. The molecule has 3 aliphatic rings. The van der Waals surface area contributed by atoms with Gasteiger partial charge in [0.05, 0.1) is 17.9 Å². The average Bonchev–Trinajstić information content (AvgIpc) is 3.47. The molecule has 0 atom stereocenters. The Morgan fingerprint density at radius 3 is 2.12 bits per heavy atom. The molecule has 0 unspecified atom stereocenters. The van der Waals surface area contributed by atoms with E-state index in [1.165, 1.54) is 0 Å². The van der Waals surface area contributed by atoms with Gasteiger partial charge in [0.15, 0.2) is 18.2 Å². The number of ether oxygens (including phenoxy) is 1. The third-order valence-corrected chi connectivity index (χ3v) is 7.48. The minimum atomic E-state index is 0.0568. The number of anilines is 1. The minimum Gasteiger partial charge on any atom is -0.485 e. The highest BCUT2D eigenvalue weighted by Gasteiger charge is 2.21. The van der Waals surface area contributed by atoms with Crippen molar-refractivity contribution in [1.82, 2.24) is 0 Å². The highest BCUT2D eigenvalue weighted by Crippen LogP contribution is 2.32. The summed E-state index contributed by atoms with van der Waals surface area (Å²) in [5.74, 6) is 1.76. The lowest BCUT2D eigenvalue weighted by Crippen LogP contribution is -2.00. The van der Waals surface area contributed by atoms with Crippen LogP contribution in [0.25, 0.3) is 0 Å². The molecule has 168 valence electrons. The molecule has 0 bridgehead atoms. The molecule has 3 heterocycles. The van der Waals surface area contributed by atoms with Crippen molar-refractivity contribution in [2.45, 2.75) is 4.90 Å². The molecule has 9 heteroatoms. The fraction of sp³-hybridized carbons (Fsp3) is 0.125. The molecule has 0 saturated heterocycles. The average molecular weight is 654 g/mol. The number of carbonyl (C=O) groups is 3. The Morgan fingerprint density at radius 2 is 1.36 bits per heavy atom. The van der Waals surface area contributed by atoms with Gasteiger partial charge in [0.2, 0.25) is 5.78 Å². The van der Waals surface area contributed by atoms with Crippen LogP contribution < -0.4 is 10.1 Å². The van der Waals surface area contributed by atoms with Crippen LogP contribution >= 0.6 is 59.6 Å². The van der Waals surface area contributed by atoms with Gasteiger partial charge in [0.1, 0.15) is 5.75 Å².